The van der Waals surface area contributed by atoms with Gasteiger partial charge in [0, 0.05) is 23.7 Å². The molecule has 2 rings (SSSR count). The summed E-state index contributed by atoms with van der Waals surface area (Å²) in [5.41, 5.74) is 5.56. The van der Waals surface area contributed by atoms with Crippen LogP contribution in [0, 0.1) is 11.6 Å². The van der Waals surface area contributed by atoms with Crippen LogP contribution in [0.25, 0.3) is 0 Å². The van der Waals surface area contributed by atoms with E-state index >= 15 is 0 Å². The van der Waals surface area contributed by atoms with Crippen LogP contribution in [0.1, 0.15) is 29.6 Å². The van der Waals surface area contributed by atoms with Crippen LogP contribution in [-0.2, 0) is 0 Å². The summed E-state index contributed by atoms with van der Waals surface area (Å²) in [6, 6.07) is 2.73. The van der Waals surface area contributed by atoms with Crippen molar-refractivity contribution in [1.82, 2.24) is 5.32 Å². The van der Waals surface area contributed by atoms with Crippen LogP contribution < -0.4 is 11.1 Å². The molecule has 0 spiro atoms. The van der Waals surface area contributed by atoms with Crippen molar-refractivity contribution < 1.29 is 13.6 Å². The van der Waals surface area contributed by atoms with E-state index in [0.29, 0.717) is 6.54 Å². The molecule has 17 heavy (non-hydrogen) atoms. The minimum Gasteiger partial charge on any atom is -0.350 e. The molecule has 0 radical (unpaired) electrons. The molecule has 5 heteroatoms. The topological polar surface area (TPSA) is 55.1 Å². The highest BCUT2D eigenvalue weighted by atomic mass is 19.1. The minimum absolute atomic E-state index is 0.0228. The summed E-state index contributed by atoms with van der Waals surface area (Å²) in [6.45, 7) is 0.337. The van der Waals surface area contributed by atoms with E-state index in [1.54, 1.807) is 0 Å². The fraction of sp³-hybridized carbons (Fsp3) is 0.417. The van der Waals surface area contributed by atoms with Crippen molar-refractivity contribution >= 4 is 5.91 Å². The van der Waals surface area contributed by atoms with Crippen LogP contribution in [0.3, 0.4) is 0 Å². The van der Waals surface area contributed by atoms with Crippen molar-refractivity contribution in [3.63, 3.8) is 0 Å². The van der Waals surface area contributed by atoms with Gasteiger partial charge in [0.15, 0.2) is 0 Å². The van der Waals surface area contributed by atoms with E-state index in [-0.39, 0.29) is 11.1 Å². The highest BCUT2D eigenvalue weighted by Gasteiger charge is 2.32. The Morgan fingerprint density at radius 3 is 2.35 bits per heavy atom. The lowest BCUT2D eigenvalue weighted by Gasteiger charge is -2.38. The van der Waals surface area contributed by atoms with Gasteiger partial charge in [-0.15, -0.1) is 0 Å². The summed E-state index contributed by atoms with van der Waals surface area (Å²) in [5, 5.41) is 2.60. The largest absolute Gasteiger partial charge is 0.350 e. The lowest BCUT2D eigenvalue weighted by Crippen LogP contribution is -2.54. The molecule has 1 aliphatic rings. The van der Waals surface area contributed by atoms with Crippen LogP contribution in [0.15, 0.2) is 18.2 Å². The molecule has 0 aromatic heterocycles. The first-order valence-corrected chi connectivity index (χ1v) is 5.52. The van der Waals surface area contributed by atoms with Gasteiger partial charge in [0.1, 0.15) is 11.6 Å². The molecule has 3 N–H and O–H groups in total. The van der Waals surface area contributed by atoms with E-state index in [1.807, 2.05) is 0 Å². The molecule has 1 amide bonds. The Morgan fingerprint density at radius 2 is 1.88 bits per heavy atom. The number of carbonyl (C=O) groups is 1. The van der Waals surface area contributed by atoms with Gasteiger partial charge in [-0.3, -0.25) is 4.79 Å². The minimum atomic E-state index is -0.763. The molecule has 1 aromatic rings. The number of amides is 1. The number of halogens is 2. The summed E-state index contributed by atoms with van der Waals surface area (Å²) >= 11 is 0. The number of carbonyl (C=O) groups excluding carboxylic acids is 1. The molecular weight excluding hydrogens is 226 g/mol. The maximum Gasteiger partial charge on any atom is 0.251 e. The van der Waals surface area contributed by atoms with Crippen molar-refractivity contribution in [1.29, 1.82) is 0 Å². The van der Waals surface area contributed by atoms with Crippen LogP contribution in [-0.4, -0.2) is 18.0 Å². The molecule has 0 heterocycles. The Morgan fingerprint density at radius 1 is 1.29 bits per heavy atom. The Balaban J connectivity index is 1.99. The zero-order chi connectivity index (χ0) is 12.5. The molecule has 0 atom stereocenters. The molecule has 1 aliphatic carbocycles. The first kappa shape index (κ1) is 12.0. The van der Waals surface area contributed by atoms with Gasteiger partial charge in [-0.25, -0.2) is 8.78 Å². The number of nitrogens with one attached hydrogen (secondary N) is 1. The fourth-order valence-corrected chi connectivity index (χ4v) is 1.85. The number of hydrogen-bond acceptors (Lipinski definition) is 2. The van der Waals surface area contributed by atoms with Gasteiger partial charge < -0.3 is 11.1 Å². The number of benzene rings is 1. The fourth-order valence-electron chi connectivity index (χ4n) is 1.85. The molecule has 0 bridgehead atoms. The third-order valence-corrected chi connectivity index (χ3v) is 3.08. The molecular formula is C12H14F2N2O. The summed E-state index contributed by atoms with van der Waals surface area (Å²) in [6.07, 6.45) is 2.79. The predicted molar refractivity (Wildman–Crippen MR) is 59.5 cm³/mol. The molecule has 1 aromatic carbocycles. The normalized spacial score (nSPS) is 17.4. The van der Waals surface area contributed by atoms with Crippen LogP contribution >= 0.6 is 0 Å². The van der Waals surface area contributed by atoms with Gasteiger partial charge in [-0.2, -0.15) is 0 Å². The molecule has 1 saturated carbocycles. The molecule has 1 fully saturated rings. The summed E-state index contributed by atoms with van der Waals surface area (Å²) in [7, 11) is 0. The summed E-state index contributed by atoms with van der Waals surface area (Å²) < 4.78 is 25.8. The van der Waals surface area contributed by atoms with Crippen molar-refractivity contribution in [3.8, 4) is 0 Å². The third kappa shape index (κ3) is 2.79. The zero-order valence-electron chi connectivity index (χ0n) is 9.30. The number of nitrogens with two attached hydrogens (primary N) is 1. The van der Waals surface area contributed by atoms with Crippen molar-refractivity contribution in [2.45, 2.75) is 24.8 Å². The number of hydrogen-bond donors (Lipinski definition) is 2. The lowest BCUT2D eigenvalue weighted by molar-refractivity contribution is 0.0929. The lowest BCUT2D eigenvalue weighted by atomic mass is 9.78. The molecule has 92 valence electrons. The van der Waals surface area contributed by atoms with E-state index in [1.165, 1.54) is 0 Å². The first-order chi connectivity index (χ1) is 7.98. The molecule has 3 nitrogen and oxygen atoms in total. The van der Waals surface area contributed by atoms with Gasteiger partial charge in [-0.05, 0) is 31.4 Å². The van der Waals surface area contributed by atoms with Crippen molar-refractivity contribution in [3.05, 3.63) is 35.4 Å². The van der Waals surface area contributed by atoms with Crippen molar-refractivity contribution in [2.24, 2.45) is 5.73 Å². The first-order valence-electron chi connectivity index (χ1n) is 5.52. The summed E-state index contributed by atoms with van der Waals surface area (Å²) in [5.74, 6) is -2.03. The van der Waals surface area contributed by atoms with Gasteiger partial charge in [-0.1, -0.05) is 0 Å². The second-order valence-electron chi connectivity index (χ2n) is 4.56. The molecule has 0 saturated heterocycles. The average molecular weight is 240 g/mol. The Kier molecular flexibility index (Phi) is 3.11. The van der Waals surface area contributed by atoms with Crippen LogP contribution in [0.5, 0.6) is 0 Å². The van der Waals surface area contributed by atoms with E-state index in [2.05, 4.69) is 5.32 Å². The average Bonchev–Trinajstić information content (AvgIpc) is 2.22. The van der Waals surface area contributed by atoms with Gasteiger partial charge in [0.25, 0.3) is 5.91 Å². The van der Waals surface area contributed by atoms with E-state index in [0.717, 1.165) is 37.5 Å². The van der Waals surface area contributed by atoms with E-state index < -0.39 is 17.5 Å². The van der Waals surface area contributed by atoms with Gasteiger partial charge in [0.2, 0.25) is 0 Å². The summed E-state index contributed by atoms with van der Waals surface area (Å²) in [4.78, 5) is 11.6. The Labute approximate surface area is 98.0 Å². The van der Waals surface area contributed by atoms with Crippen LogP contribution in [0.4, 0.5) is 8.78 Å². The second-order valence-corrected chi connectivity index (χ2v) is 4.56. The van der Waals surface area contributed by atoms with E-state index in [4.69, 9.17) is 5.73 Å². The van der Waals surface area contributed by atoms with Gasteiger partial charge in [0.05, 0.1) is 0 Å². The Hall–Kier alpha value is -1.49. The van der Waals surface area contributed by atoms with Crippen molar-refractivity contribution in [2.75, 3.05) is 6.54 Å². The maximum atomic E-state index is 12.9. The standard InChI is InChI=1S/C12H14F2N2O/c13-9-4-8(5-10(14)6-9)11(17)16-7-12(15)2-1-3-12/h4-6H,1-3,7,15H2,(H,16,17). The second kappa shape index (κ2) is 4.41. The highest BCUT2D eigenvalue weighted by molar-refractivity contribution is 5.94. The SMILES string of the molecule is NC1(CNC(=O)c2cc(F)cc(F)c2)CCC1. The molecule has 0 unspecified atom stereocenters. The van der Waals surface area contributed by atoms with Crippen LogP contribution in [0.2, 0.25) is 0 Å². The Bertz CT molecular complexity index is 424. The quantitative estimate of drug-likeness (QED) is 0.842. The zero-order valence-corrected chi connectivity index (χ0v) is 9.30. The smallest absolute Gasteiger partial charge is 0.251 e. The predicted octanol–water partition coefficient (Wildman–Crippen LogP) is 1.58. The number of rotatable bonds is 3. The van der Waals surface area contributed by atoms with Gasteiger partial charge >= 0.3 is 0 Å². The maximum absolute atomic E-state index is 12.9. The highest BCUT2D eigenvalue weighted by Crippen LogP contribution is 2.28. The molecule has 0 aliphatic heterocycles. The van der Waals surface area contributed by atoms with E-state index in [9.17, 15) is 13.6 Å². The monoisotopic (exact) mass is 240 g/mol. The third-order valence-electron chi connectivity index (χ3n) is 3.08.